The zero-order chi connectivity index (χ0) is 17.5. The van der Waals surface area contributed by atoms with Crippen LogP contribution < -0.4 is 20.3 Å². The number of benzene rings is 1. The maximum Gasteiger partial charge on any atom is 0.269 e. The Balaban J connectivity index is 2.10. The summed E-state index contributed by atoms with van der Waals surface area (Å²) in [5.41, 5.74) is 5.38. The van der Waals surface area contributed by atoms with Gasteiger partial charge in [0, 0.05) is 23.5 Å². The predicted octanol–water partition coefficient (Wildman–Crippen LogP) is 2.33. The highest BCUT2D eigenvalue weighted by atomic mass is 79.9. The molecule has 0 fully saturated rings. The largest absolute Gasteiger partial charge is 0.493 e. The molecule has 0 bridgehead atoms. The first-order valence-electron chi connectivity index (χ1n) is 7.07. The van der Waals surface area contributed by atoms with Crippen LogP contribution in [0.4, 0.5) is 0 Å². The van der Waals surface area contributed by atoms with Gasteiger partial charge in [0.2, 0.25) is 0 Å². The van der Waals surface area contributed by atoms with Crippen LogP contribution in [0.1, 0.15) is 27.6 Å². The highest BCUT2D eigenvalue weighted by Gasteiger charge is 2.16. The Hall–Kier alpha value is -2.61. The van der Waals surface area contributed by atoms with Crippen molar-refractivity contribution in [2.75, 3.05) is 13.7 Å². The third-order valence-corrected chi connectivity index (χ3v) is 3.60. The number of hydrazine groups is 1. The van der Waals surface area contributed by atoms with Gasteiger partial charge in [0.1, 0.15) is 0 Å². The number of nitrogens with zero attached hydrogens (tertiary/aromatic N) is 1. The second kappa shape index (κ2) is 8.30. The van der Waals surface area contributed by atoms with E-state index in [1.165, 1.54) is 37.7 Å². The average molecular weight is 394 g/mol. The van der Waals surface area contributed by atoms with E-state index in [2.05, 4.69) is 31.8 Å². The number of nitrogens with one attached hydrogen (secondary N) is 2. The fourth-order valence-electron chi connectivity index (χ4n) is 1.90. The molecule has 2 rings (SSSR count). The van der Waals surface area contributed by atoms with Crippen LogP contribution in [-0.2, 0) is 0 Å². The molecule has 1 heterocycles. The van der Waals surface area contributed by atoms with Crippen LogP contribution in [0, 0.1) is 0 Å². The molecule has 0 radical (unpaired) electrons. The Kier molecular flexibility index (Phi) is 6.14. The summed E-state index contributed by atoms with van der Waals surface area (Å²) < 4.78 is 11.3. The van der Waals surface area contributed by atoms with Crippen molar-refractivity contribution < 1.29 is 19.1 Å². The van der Waals surface area contributed by atoms with Gasteiger partial charge in [-0.1, -0.05) is 0 Å². The standard InChI is InChI=1S/C16H16BrN3O4/c1-3-24-14-12(17)8-11(9-13(14)23-2)16(22)20-19-15(21)10-4-6-18-7-5-10/h4-9H,3H2,1-2H3,(H,19,21)(H,20,22). The molecule has 1 aromatic heterocycles. The quantitative estimate of drug-likeness (QED) is 0.760. The van der Waals surface area contributed by atoms with Crippen LogP contribution in [0.25, 0.3) is 0 Å². The number of hydrogen-bond acceptors (Lipinski definition) is 5. The Morgan fingerprint density at radius 2 is 1.75 bits per heavy atom. The third-order valence-electron chi connectivity index (χ3n) is 3.01. The molecule has 8 heteroatoms. The van der Waals surface area contributed by atoms with Gasteiger partial charge >= 0.3 is 0 Å². The van der Waals surface area contributed by atoms with Gasteiger partial charge in [-0.15, -0.1) is 0 Å². The van der Waals surface area contributed by atoms with Crippen LogP contribution in [0.5, 0.6) is 11.5 Å². The lowest BCUT2D eigenvalue weighted by atomic mass is 10.2. The molecule has 0 aliphatic heterocycles. The number of ether oxygens (including phenoxy) is 2. The van der Waals surface area contributed by atoms with E-state index >= 15 is 0 Å². The van der Waals surface area contributed by atoms with Crippen molar-refractivity contribution in [3.05, 3.63) is 52.3 Å². The van der Waals surface area contributed by atoms with Crippen molar-refractivity contribution >= 4 is 27.7 Å². The number of amides is 2. The maximum absolute atomic E-state index is 12.2. The lowest BCUT2D eigenvalue weighted by Crippen LogP contribution is -2.41. The highest BCUT2D eigenvalue weighted by Crippen LogP contribution is 2.36. The van der Waals surface area contributed by atoms with Crippen LogP contribution in [0.2, 0.25) is 0 Å². The fourth-order valence-corrected chi connectivity index (χ4v) is 2.45. The molecule has 0 saturated carbocycles. The molecule has 126 valence electrons. The van der Waals surface area contributed by atoms with Crippen LogP contribution in [-0.4, -0.2) is 30.5 Å². The molecule has 0 spiro atoms. The van der Waals surface area contributed by atoms with Crippen molar-refractivity contribution in [1.82, 2.24) is 15.8 Å². The van der Waals surface area contributed by atoms with E-state index in [-0.39, 0.29) is 0 Å². The number of carbonyl (C=O) groups excluding carboxylic acids is 2. The molecule has 2 N–H and O–H groups in total. The molecular formula is C16H16BrN3O4. The van der Waals surface area contributed by atoms with Gasteiger partial charge in [0.05, 0.1) is 18.2 Å². The van der Waals surface area contributed by atoms with Crippen molar-refractivity contribution in [3.63, 3.8) is 0 Å². The van der Waals surface area contributed by atoms with Gasteiger partial charge < -0.3 is 9.47 Å². The Morgan fingerprint density at radius 3 is 2.33 bits per heavy atom. The number of pyridine rings is 1. The molecule has 0 aliphatic rings. The Morgan fingerprint density at radius 1 is 1.12 bits per heavy atom. The van der Waals surface area contributed by atoms with Gasteiger partial charge in [-0.25, -0.2) is 0 Å². The lowest BCUT2D eigenvalue weighted by Gasteiger charge is -2.13. The van der Waals surface area contributed by atoms with Gasteiger partial charge in [0.25, 0.3) is 11.8 Å². The van der Waals surface area contributed by atoms with E-state index in [1.54, 1.807) is 6.07 Å². The summed E-state index contributed by atoms with van der Waals surface area (Å²) in [7, 11) is 1.48. The van der Waals surface area contributed by atoms with Crippen molar-refractivity contribution in [2.45, 2.75) is 6.92 Å². The normalized spacial score (nSPS) is 9.96. The summed E-state index contributed by atoms with van der Waals surface area (Å²) in [4.78, 5) is 27.9. The number of rotatable bonds is 5. The topological polar surface area (TPSA) is 89.6 Å². The van der Waals surface area contributed by atoms with E-state index in [9.17, 15) is 9.59 Å². The van der Waals surface area contributed by atoms with Crippen LogP contribution in [0.3, 0.4) is 0 Å². The second-order valence-electron chi connectivity index (χ2n) is 4.57. The molecule has 2 amide bonds. The molecule has 0 aliphatic carbocycles. The summed E-state index contributed by atoms with van der Waals surface area (Å²) in [6, 6.07) is 6.20. The minimum absolute atomic E-state index is 0.303. The molecule has 0 unspecified atom stereocenters. The van der Waals surface area contributed by atoms with Gasteiger partial charge in [-0.2, -0.15) is 0 Å². The second-order valence-corrected chi connectivity index (χ2v) is 5.42. The molecule has 2 aromatic rings. The predicted molar refractivity (Wildman–Crippen MR) is 91.0 cm³/mol. The molecule has 7 nitrogen and oxygen atoms in total. The van der Waals surface area contributed by atoms with E-state index in [0.29, 0.717) is 33.7 Å². The SMILES string of the molecule is CCOc1c(Br)cc(C(=O)NNC(=O)c2ccncc2)cc1OC. The molecule has 24 heavy (non-hydrogen) atoms. The molecular weight excluding hydrogens is 378 g/mol. The van der Waals surface area contributed by atoms with Crippen LogP contribution >= 0.6 is 15.9 Å². The number of aromatic nitrogens is 1. The molecule has 1 aromatic carbocycles. The lowest BCUT2D eigenvalue weighted by molar-refractivity contribution is 0.0846. The third kappa shape index (κ3) is 4.23. The maximum atomic E-state index is 12.2. The Bertz CT molecular complexity index is 738. The van der Waals surface area contributed by atoms with Gasteiger partial charge in [-0.05, 0) is 47.1 Å². The average Bonchev–Trinajstić information content (AvgIpc) is 2.61. The summed E-state index contributed by atoms with van der Waals surface area (Å²) >= 11 is 3.35. The van der Waals surface area contributed by atoms with Crippen LogP contribution in [0.15, 0.2) is 41.1 Å². The number of carbonyl (C=O) groups is 2. The molecule has 0 saturated heterocycles. The summed E-state index contributed by atoms with van der Waals surface area (Å²) in [5.74, 6) is -0.00335. The minimum atomic E-state index is -0.487. The first-order valence-corrected chi connectivity index (χ1v) is 7.87. The minimum Gasteiger partial charge on any atom is -0.493 e. The van der Waals surface area contributed by atoms with E-state index in [0.717, 1.165) is 0 Å². The zero-order valence-corrected chi connectivity index (χ0v) is 14.7. The summed E-state index contributed by atoms with van der Waals surface area (Å²) in [6.45, 7) is 2.31. The first-order chi connectivity index (χ1) is 11.6. The number of methoxy groups -OCH3 is 1. The van der Waals surface area contributed by atoms with Crippen molar-refractivity contribution in [3.8, 4) is 11.5 Å². The number of halogens is 1. The van der Waals surface area contributed by atoms with Gasteiger partial charge in [0.15, 0.2) is 11.5 Å². The Labute approximate surface area is 147 Å². The van der Waals surface area contributed by atoms with Gasteiger partial charge in [-0.3, -0.25) is 25.4 Å². The van der Waals surface area contributed by atoms with E-state index < -0.39 is 11.8 Å². The summed E-state index contributed by atoms with van der Waals surface area (Å²) in [5, 5.41) is 0. The van der Waals surface area contributed by atoms with Crippen molar-refractivity contribution in [2.24, 2.45) is 0 Å². The van der Waals surface area contributed by atoms with Crippen molar-refractivity contribution in [1.29, 1.82) is 0 Å². The monoisotopic (exact) mass is 393 g/mol. The smallest absolute Gasteiger partial charge is 0.269 e. The first kappa shape index (κ1) is 17.7. The highest BCUT2D eigenvalue weighted by molar-refractivity contribution is 9.10. The van der Waals surface area contributed by atoms with E-state index in [4.69, 9.17) is 9.47 Å². The van der Waals surface area contributed by atoms with E-state index in [1.807, 2.05) is 6.92 Å². The summed E-state index contributed by atoms with van der Waals surface area (Å²) in [6.07, 6.45) is 2.98. The number of hydrogen-bond donors (Lipinski definition) is 2. The zero-order valence-electron chi connectivity index (χ0n) is 13.1. The molecule has 0 atom stereocenters. The fraction of sp³-hybridized carbons (Fsp3) is 0.188.